The quantitative estimate of drug-likeness (QED) is 0.318. The van der Waals surface area contributed by atoms with Gasteiger partial charge in [-0.2, -0.15) is 0 Å². The Hall–Kier alpha value is -3.29. The van der Waals surface area contributed by atoms with Crippen molar-refractivity contribution in [3.63, 3.8) is 0 Å². The normalized spacial score (nSPS) is 11.7. The summed E-state index contributed by atoms with van der Waals surface area (Å²) in [6.07, 6.45) is 0. The van der Waals surface area contributed by atoms with Crippen molar-refractivity contribution in [1.29, 1.82) is 0 Å². The molecule has 1 N–H and O–H groups in total. The topological polar surface area (TPSA) is 69.0 Å². The molecule has 8 heteroatoms. The first-order valence-electron chi connectivity index (χ1n) is 10.4. The number of nitrogens with one attached hydrogen (secondary N) is 1. The van der Waals surface area contributed by atoms with E-state index in [0.717, 1.165) is 16.9 Å². The number of para-hydroxylation sites is 3. The van der Waals surface area contributed by atoms with Gasteiger partial charge in [0.15, 0.2) is 11.0 Å². The molecule has 1 aromatic heterocycles. The van der Waals surface area contributed by atoms with Crippen LogP contribution < -0.4 is 10.1 Å². The third-order valence-corrected chi connectivity index (χ3v) is 6.32. The van der Waals surface area contributed by atoms with Crippen LogP contribution in [0.5, 0.6) is 5.75 Å². The number of ether oxygens (including phenoxy) is 1. The number of thioether (sulfide) groups is 1. The molecule has 3 aromatic carbocycles. The van der Waals surface area contributed by atoms with E-state index in [1.165, 1.54) is 11.8 Å². The van der Waals surface area contributed by atoms with Crippen LogP contribution in [0.1, 0.15) is 18.3 Å². The number of benzene rings is 3. The van der Waals surface area contributed by atoms with Gasteiger partial charge in [-0.25, -0.2) is 0 Å². The second-order valence-electron chi connectivity index (χ2n) is 7.35. The van der Waals surface area contributed by atoms with E-state index >= 15 is 0 Å². The van der Waals surface area contributed by atoms with E-state index < -0.39 is 5.25 Å². The van der Waals surface area contributed by atoms with Crippen molar-refractivity contribution in [3.05, 3.63) is 95.3 Å². The van der Waals surface area contributed by atoms with E-state index in [-0.39, 0.29) is 12.5 Å². The van der Waals surface area contributed by atoms with Crippen LogP contribution in [-0.4, -0.2) is 25.9 Å². The third-order valence-electron chi connectivity index (χ3n) is 4.96. The summed E-state index contributed by atoms with van der Waals surface area (Å²) in [6.45, 7) is 3.99. The lowest BCUT2D eigenvalue weighted by atomic mass is 10.2. The fourth-order valence-electron chi connectivity index (χ4n) is 3.17. The zero-order chi connectivity index (χ0) is 23.2. The summed E-state index contributed by atoms with van der Waals surface area (Å²) in [5.74, 6) is 1.07. The van der Waals surface area contributed by atoms with Gasteiger partial charge in [0.05, 0.1) is 10.3 Å². The van der Waals surface area contributed by atoms with Crippen molar-refractivity contribution in [3.8, 4) is 11.4 Å². The second kappa shape index (κ2) is 10.6. The smallest absolute Gasteiger partial charge is 0.237 e. The molecule has 0 saturated heterocycles. The van der Waals surface area contributed by atoms with Crippen molar-refractivity contribution in [2.24, 2.45) is 0 Å². The molecule has 0 aliphatic heterocycles. The molecule has 0 aliphatic carbocycles. The van der Waals surface area contributed by atoms with Crippen LogP contribution in [0.2, 0.25) is 5.02 Å². The average molecular weight is 479 g/mol. The summed E-state index contributed by atoms with van der Waals surface area (Å²) in [6, 6.07) is 24.7. The van der Waals surface area contributed by atoms with E-state index in [0.29, 0.717) is 21.8 Å². The summed E-state index contributed by atoms with van der Waals surface area (Å²) in [7, 11) is 0. The van der Waals surface area contributed by atoms with Crippen LogP contribution in [-0.2, 0) is 11.4 Å². The van der Waals surface area contributed by atoms with Gasteiger partial charge in [0.1, 0.15) is 12.4 Å². The number of carbonyl (C=O) groups excluding carboxylic acids is 1. The van der Waals surface area contributed by atoms with E-state index in [2.05, 4.69) is 15.5 Å². The Labute approximate surface area is 202 Å². The van der Waals surface area contributed by atoms with Gasteiger partial charge >= 0.3 is 0 Å². The number of hydrogen-bond donors (Lipinski definition) is 1. The van der Waals surface area contributed by atoms with Crippen LogP contribution in [0.3, 0.4) is 0 Å². The molecule has 4 rings (SSSR count). The lowest BCUT2D eigenvalue weighted by Gasteiger charge is -2.15. The highest BCUT2D eigenvalue weighted by molar-refractivity contribution is 8.00. The van der Waals surface area contributed by atoms with Gasteiger partial charge in [-0.1, -0.05) is 71.9 Å². The Morgan fingerprint density at radius 2 is 1.73 bits per heavy atom. The highest BCUT2D eigenvalue weighted by Gasteiger charge is 2.22. The summed E-state index contributed by atoms with van der Waals surface area (Å²) in [5, 5.41) is 12.4. The Morgan fingerprint density at radius 3 is 2.48 bits per heavy atom. The molecule has 0 aliphatic rings. The van der Waals surface area contributed by atoms with Crippen LogP contribution in [0.25, 0.3) is 5.69 Å². The lowest BCUT2D eigenvalue weighted by molar-refractivity contribution is -0.115. The summed E-state index contributed by atoms with van der Waals surface area (Å²) in [4.78, 5) is 12.8. The standard InChI is InChI=1S/C25H23ClN4O2S/c1-17-10-6-8-14-21(17)27-24(31)18(2)33-25-29-28-23(30(25)19-11-4-3-5-12-19)16-32-22-15-9-7-13-20(22)26/h3-15,18H,16H2,1-2H3,(H,27,31). The van der Waals surface area contributed by atoms with Crippen LogP contribution in [0.15, 0.2) is 84.0 Å². The fraction of sp³-hybridized carbons (Fsp3) is 0.160. The lowest BCUT2D eigenvalue weighted by Crippen LogP contribution is -2.23. The van der Waals surface area contributed by atoms with Crippen LogP contribution in [0, 0.1) is 6.92 Å². The molecular formula is C25H23ClN4O2S. The first kappa shape index (κ1) is 22.9. The molecule has 1 amide bonds. The maximum absolute atomic E-state index is 12.8. The van der Waals surface area contributed by atoms with Crippen molar-refractivity contribution in [2.75, 3.05) is 5.32 Å². The SMILES string of the molecule is Cc1ccccc1NC(=O)C(C)Sc1nnc(COc2ccccc2Cl)n1-c1ccccc1. The first-order valence-corrected chi connectivity index (χ1v) is 11.7. The van der Waals surface area contributed by atoms with Gasteiger partial charge in [-0.3, -0.25) is 9.36 Å². The number of carbonyl (C=O) groups is 1. The molecular weight excluding hydrogens is 456 g/mol. The minimum Gasteiger partial charge on any atom is -0.484 e. The highest BCUT2D eigenvalue weighted by atomic mass is 35.5. The number of anilines is 1. The number of aromatic nitrogens is 3. The largest absolute Gasteiger partial charge is 0.484 e. The molecule has 4 aromatic rings. The van der Waals surface area contributed by atoms with E-state index in [1.807, 2.05) is 85.1 Å². The van der Waals surface area contributed by atoms with Crippen molar-refractivity contribution in [1.82, 2.24) is 14.8 Å². The van der Waals surface area contributed by atoms with Gasteiger partial charge < -0.3 is 10.1 Å². The molecule has 0 bridgehead atoms. The third kappa shape index (κ3) is 5.56. The van der Waals surface area contributed by atoms with Gasteiger partial charge in [0.2, 0.25) is 5.91 Å². The van der Waals surface area contributed by atoms with Crippen molar-refractivity contribution < 1.29 is 9.53 Å². The van der Waals surface area contributed by atoms with E-state index in [1.54, 1.807) is 12.1 Å². The molecule has 1 heterocycles. The van der Waals surface area contributed by atoms with Crippen LogP contribution >= 0.6 is 23.4 Å². The van der Waals surface area contributed by atoms with Crippen LogP contribution in [0.4, 0.5) is 5.69 Å². The number of rotatable bonds is 8. The zero-order valence-corrected chi connectivity index (χ0v) is 19.8. The molecule has 1 atom stereocenters. The van der Waals surface area contributed by atoms with Gasteiger partial charge in [0, 0.05) is 11.4 Å². The van der Waals surface area contributed by atoms with E-state index in [4.69, 9.17) is 16.3 Å². The number of halogens is 1. The number of hydrogen-bond acceptors (Lipinski definition) is 5. The molecule has 0 fully saturated rings. The maximum atomic E-state index is 12.8. The molecule has 168 valence electrons. The van der Waals surface area contributed by atoms with E-state index in [9.17, 15) is 4.79 Å². The Bertz CT molecular complexity index is 1250. The van der Waals surface area contributed by atoms with Crippen molar-refractivity contribution in [2.45, 2.75) is 30.9 Å². The first-order chi connectivity index (χ1) is 16.0. The van der Waals surface area contributed by atoms with Gasteiger partial charge in [-0.05, 0) is 49.7 Å². The predicted octanol–water partition coefficient (Wildman–Crippen LogP) is 5.93. The van der Waals surface area contributed by atoms with Gasteiger partial charge in [-0.15, -0.1) is 10.2 Å². The Kier molecular flexibility index (Phi) is 7.32. The maximum Gasteiger partial charge on any atom is 0.237 e. The summed E-state index contributed by atoms with van der Waals surface area (Å²) >= 11 is 7.56. The molecule has 0 spiro atoms. The Morgan fingerprint density at radius 1 is 1.03 bits per heavy atom. The predicted molar refractivity (Wildman–Crippen MR) is 132 cm³/mol. The molecule has 33 heavy (non-hydrogen) atoms. The average Bonchev–Trinajstić information content (AvgIpc) is 3.22. The zero-order valence-electron chi connectivity index (χ0n) is 18.2. The molecule has 1 unspecified atom stereocenters. The fourth-order valence-corrected chi connectivity index (χ4v) is 4.25. The van der Waals surface area contributed by atoms with Gasteiger partial charge in [0.25, 0.3) is 0 Å². The highest BCUT2D eigenvalue weighted by Crippen LogP contribution is 2.28. The summed E-state index contributed by atoms with van der Waals surface area (Å²) in [5.41, 5.74) is 2.69. The Balaban J connectivity index is 1.55. The van der Waals surface area contributed by atoms with Crippen molar-refractivity contribution >= 4 is 35.0 Å². The number of aryl methyl sites for hydroxylation is 1. The molecule has 6 nitrogen and oxygen atoms in total. The number of nitrogens with zero attached hydrogens (tertiary/aromatic N) is 3. The molecule has 0 radical (unpaired) electrons. The minimum absolute atomic E-state index is 0.106. The number of amides is 1. The molecule has 0 saturated carbocycles. The second-order valence-corrected chi connectivity index (χ2v) is 9.07. The minimum atomic E-state index is -0.395. The summed E-state index contributed by atoms with van der Waals surface area (Å²) < 4.78 is 7.80. The monoisotopic (exact) mass is 478 g/mol.